The number of carbonyl (C=O) groups excluding carboxylic acids is 2. The van der Waals surface area contributed by atoms with E-state index in [2.05, 4.69) is 21.2 Å². The smallest absolute Gasteiger partial charge is 0.259 e. The van der Waals surface area contributed by atoms with Crippen LogP contribution in [0.5, 0.6) is 0 Å². The quantitative estimate of drug-likeness (QED) is 0.820. The van der Waals surface area contributed by atoms with E-state index in [-0.39, 0.29) is 12.5 Å². The van der Waals surface area contributed by atoms with Crippen LogP contribution in [-0.4, -0.2) is 48.1 Å². The standard InChI is InChI=1S/C14H19BrN2O3/c1-10(18)7-8-17(2)9-13(19)16-14(20)11-5-3-4-6-12(11)15/h3-6,10,18H,7-9H2,1-2H3,(H,16,19,20). The van der Waals surface area contributed by atoms with Crippen molar-refractivity contribution in [2.24, 2.45) is 0 Å². The minimum absolute atomic E-state index is 0.114. The van der Waals surface area contributed by atoms with E-state index in [1.165, 1.54) is 0 Å². The average molecular weight is 343 g/mol. The summed E-state index contributed by atoms with van der Waals surface area (Å²) in [5, 5.41) is 11.5. The first-order chi connectivity index (χ1) is 9.40. The highest BCUT2D eigenvalue weighted by atomic mass is 79.9. The minimum atomic E-state index is -0.425. The molecule has 0 heterocycles. The first-order valence-electron chi connectivity index (χ1n) is 6.35. The van der Waals surface area contributed by atoms with Crippen molar-refractivity contribution in [1.29, 1.82) is 0 Å². The number of amides is 2. The maximum Gasteiger partial charge on any atom is 0.259 e. The molecule has 0 spiro atoms. The number of hydrogen-bond acceptors (Lipinski definition) is 4. The minimum Gasteiger partial charge on any atom is -0.393 e. The molecule has 0 radical (unpaired) electrons. The number of imide groups is 1. The molecular formula is C14H19BrN2O3. The second-order valence-corrected chi connectivity index (χ2v) is 5.59. The van der Waals surface area contributed by atoms with Crippen molar-refractivity contribution in [3.8, 4) is 0 Å². The van der Waals surface area contributed by atoms with Gasteiger partial charge in [0.2, 0.25) is 5.91 Å². The van der Waals surface area contributed by atoms with Crippen LogP contribution in [0.15, 0.2) is 28.7 Å². The lowest BCUT2D eigenvalue weighted by Crippen LogP contribution is -2.39. The predicted molar refractivity (Wildman–Crippen MR) is 80.4 cm³/mol. The molecule has 1 aromatic carbocycles. The topological polar surface area (TPSA) is 69.6 Å². The van der Waals surface area contributed by atoms with Crippen molar-refractivity contribution in [3.05, 3.63) is 34.3 Å². The van der Waals surface area contributed by atoms with Gasteiger partial charge in [-0.15, -0.1) is 0 Å². The van der Waals surface area contributed by atoms with E-state index in [4.69, 9.17) is 0 Å². The van der Waals surface area contributed by atoms with Crippen LogP contribution in [0.25, 0.3) is 0 Å². The summed E-state index contributed by atoms with van der Waals surface area (Å²) in [5.74, 6) is -0.787. The molecule has 2 N–H and O–H groups in total. The van der Waals surface area contributed by atoms with Gasteiger partial charge in [0.25, 0.3) is 5.91 Å². The summed E-state index contributed by atoms with van der Waals surface area (Å²) in [4.78, 5) is 25.4. The summed E-state index contributed by atoms with van der Waals surface area (Å²) in [6.45, 7) is 2.40. The molecule has 6 heteroatoms. The second-order valence-electron chi connectivity index (χ2n) is 4.73. The van der Waals surface area contributed by atoms with Crippen LogP contribution in [0.4, 0.5) is 0 Å². The van der Waals surface area contributed by atoms with Gasteiger partial charge in [-0.2, -0.15) is 0 Å². The van der Waals surface area contributed by atoms with Crippen LogP contribution in [-0.2, 0) is 4.79 Å². The Morgan fingerprint density at radius 2 is 2.05 bits per heavy atom. The van der Waals surface area contributed by atoms with Crippen LogP contribution in [0.1, 0.15) is 23.7 Å². The molecule has 1 atom stereocenters. The molecule has 0 aromatic heterocycles. The number of aliphatic hydroxyl groups is 1. The largest absolute Gasteiger partial charge is 0.393 e. The highest BCUT2D eigenvalue weighted by Gasteiger charge is 2.14. The number of carbonyl (C=O) groups is 2. The van der Waals surface area contributed by atoms with Crippen LogP contribution in [0.2, 0.25) is 0 Å². The molecule has 2 amide bonds. The summed E-state index contributed by atoms with van der Waals surface area (Å²) >= 11 is 3.27. The van der Waals surface area contributed by atoms with Gasteiger partial charge in [-0.1, -0.05) is 12.1 Å². The average Bonchev–Trinajstić information content (AvgIpc) is 2.36. The van der Waals surface area contributed by atoms with Crippen molar-refractivity contribution in [1.82, 2.24) is 10.2 Å². The molecule has 0 saturated heterocycles. The van der Waals surface area contributed by atoms with Crippen LogP contribution in [0, 0.1) is 0 Å². The molecule has 0 bridgehead atoms. The van der Waals surface area contributed by atoms with E-state index in [1.54, 1.807) is 43.1 Å². The van der Waals surface area contributed by atoms with Gasteiger partial charge in [-0.25, -0.2) is 0 Å². The summed E-state index contributed by atoms with van der Waals surface area (Å²) < 4.78 is 0.646. The van der Waals surface area contributed by atoms with Gasteiger partial charge in [0.05, 0.1) is 18.2 Å². The SMILES string of the molecule is CC(O)CCN(C)CC(=O)NC(=O)c1ccccc1Br. The van der Waals surface area contributed by atoms with Gasteiger partial charge in [-0.3, -0.25) is 19.8 Å². The van der Waals surface area contributed by atoms with Crippen molar-refractivity contribution in [3.63, 3.8) is 0 Å². The Kier molecular flexibility index (Phi) is 6.84. The third kappa shape index (κ3) is 5.81. The number of hydrogen-bond donors (Lipinski definition) is 2. The van der Waals surface area contributed by atoms with Gasteiger partial charge in [-0.05, 0) is 48.5 Å². The van der Waals surface area contributed by atoms with Gasteiger partial charge in [0, 0.05) is 11.0 Å². The summed E-state index contributed by atoms with van der Waals surface area (Å²) in [5.41, 5.74) is 0.424. The molecule has 1 unspecified atom stereocenters. The molecule has 0 aliphatic heterocycles. The van der Waals surface area contributed by atoms with Crippen molar-refractivity contribution >= 4 is 27.7 Å². The van der Waals surface area contributed by atoms with Crippen LogP contribution >= 0.6 is 15.9 Å². The number of rotatable bonds is 6. The van der Waals surface area contributed by atoms with Gasteiger partial charge in [0.1, 0.15) is 0 Å². The molecule has 0 aliphatic rings. The fourth-order valence-corrected chi connectivity index (χ4v) is 2.08. The zero-order valence-electron chi connectivity index (χ0n) is 11.6. The molecule has 20 heavy (non-hydrogen) atoms. The number of likely N-dealkylation sites (N-methyl/N-ethyl adjacent to an activating group) is 1. The Balaban J connectivity index is 2.46. The normalized spacial score (nSPS) is 12.2. The Morgan fingerprint density at radius 1 is 1.40 bits per heavy atom. The Bertz CT molecular complexity index is 477. The van der Waals surface area contributed by atoms with E-state index in [0.717, 1.165) is 0 Å². The summed E-state index contributed by atoms with van der Waals surface area (Å²) in [7, 11) is 1.77. The van der Waals surface area contributed by atoms with Crippen molar-refractivity contribution < 1.29 is 14.7 Å². The van der Waals surface area contributed by atoms with E-state index in [0.29, 0.717) is 23.0 Å². The predicted octanol–water partition coefficient (Wildman–Crippen LogP) is 1.41. The fraction of sp³-hybridized carbons (Fsp3) is 0.429. The fourth-order valence-electron chi connectivity index (χ4n) is 1.61. The Labute approximate surface area is 127 Å². The van der Waals surface area contributed by atoms with Gasteiger partial charge >= 0.3 is 0 Å². The third-order valence-electron chi connectivity index (χ3n) is 2.71. The van der Waals surface area contributed by atoms with Gasteiger partial charge < -0.3 is 5.11 Å². The lowest BCUT2D eigenvalue weighted by atomic mass is 10.2. The number of halogens is 1. The second kappa shape index (κ2) is 8.14. The van der Waals surface area contributed by atoms with E-state index < -0.39 is 12.0 Å². The highest BCUT2D eigenvalue weighted by Crippen LogP contribution is 2.15. The maximum absolute atomic E-state index is 11.9. The van der Waals surface area contributed by atoms with Crippen molar-refractivity contribution in [2.45, 2.75) is 19.4 Å². The number of nitrogens with zero attached hydrogens (tertiary/aromatic N) is 1. The molecule has 0 aliphatic carbocycles. The van der Waals surface area contributed by atoms with Gasteiger partial charge in [0.15, 0.2) is 0 Å². The highest BCUT2D eigenvalue weighted by molar-refractivity contribution is 9.10. The van der Waals surface area contributed by atoms with E-state index in [1.807, 2.05) is 0 Å². The van der Waals surface area contributed by atoms with Crippen LogP contribution < -0.4 is 5.32 Å². The lowest BCUT2D eigenvalue weighted by molar-refractivity contribution is -0.121. The molecule has 0 saturated carbocycles. The summed E-state index contributed by atoms with van der Waals surface area (Å²) in [6.07, 6.45) is 0.185. The molecule has 110 valence electrons. The zero-order chi connectivity index (χ0) is 15.1. The molecule has 1 aromatic rings. The molecule has 0 fully saturated rings. The maximum atomic E-state index is 11.9. The number of benzene rings is 1. The molecular weight excluding hydrogens is 324 g/mol. The monoisotopic (exact) mass is 342 g/mol. The molecule has 1 rings (SSSR count). The molecule has 5 nitrogen and oxygen atoms in total. The lowest BCUT2D eigenvalue weighted by Gasteiger charge is -2.16. The summed E-state index contributed by atoms with van der Waals surface area (Å²) in [6, 6.07) is 6.92. The Hall–Kier alpha value is -1.24. The first-order valence-corrected chi connectivity index (χ1v) is 7.14. The first kappa shape index (κ1) is 16.8. The zero-order valence-corrected chi connectivity index (χ0v) is 13.2. The third-order valence-corrected chi connectivity index (χ3v) is 3.41. The Morgan fingerprint density at radius 3 is 2.65 bits per heavy atom. The number of nitrogens with one attached hydrogen (secondary N) is 1. The van der Waals surface area contributed by atoms with E-state index >= 15 is 0 Å². The number of aliphatic hydroxyl groups excluding tert-OH is 1. The van der Waals surface area contributed by atoms with E-state index in [9.17, 15) is 14.7 Å². The van der Waals surface area contributed by atoms with Crippen molar-refractivity contribution in [2.75, 3.05) is 20.1 Å². The van der Waals surface area contributed by atoms with Crippen LogP contribution in [0.3, 0.4) is 0 Å².